The molecule has 5 nitrogen and oxygen atoms in total. The van der Waals surface area contributed by atoms with Crippen molar-refractivity contribution in [2.75, 3.05) is 5.32 Å². The van der Waals surface area contributed by atoms with Crippen LogP contribution < -0.4 is 5.32 Å². The van der Waals surface area contributed by atoms with E-state index in [1.165, 1.54) is 24.3 Å². The summed E-state index contributed by atoms with van der Waals surface area (Å²) in [5, 5.41) is 13.4. The van der Waals surface area contributed by atoms with E-state index in [0.29, 0.717) is 11.3 Å². The van der Waals surface area contributed by atoms with Crippen LogP contribution in [0.15, 0.2) is 53.0 Å². The van der Waals surface area contributed by atoms with E-state index < -0.39 is 4.92 Å². The highest BCUT2D eigenvalue weighted by molar-refractivity contribution is 9.10. The molecule has 0 aliphatic carbocycles. The minimum absolute atomic E-state index is 0.00825. The Bertz CT molecular complexity index is 757. The molecule has 22 heavy (non-hydrogen) atoms. The molecule has 0 aliphatic rings. The lowest BCUT2D eigenvalue weighted by molar-refractivity contribution is -0.384. The van der Waals surface area contributed by atoms with Crippen molar-refractivity contribution < 1.29 is 9.72 Å². The maximum absolute atomic E-state index is 11.9. The van der Waals surface area contributed by atoms with Gasteiger partial charge in [-0.1, -0.05) is 28.1 Å². The molecule has 0 heterocycles. The van der Waals surface area contributed by atoms with E-state index in [2.05, 4.69) is 21.2 Å². The van der Waals surface area contributed by atoms with Gasteiger partial charge in [0.2, 0.25) is 5.91 Å². The lowest BCUT2D eigenvalue weighted by atomic mass is 10.2. The first-order valence-electron chi connectivity index (χ1n) is 6.45. The minimum atomic E-state index is -0.470. The van der Waals surface area contributed by atoms with Crippen LogP contribution in [0.25, 0.3) is 6.08 Å². The summed E-state index contributed by atoms with van der Waals surface area (Å²) in [4.78, 5) is 22.1. The van der Waals surface area contributed by atoms with E-state index in [4.69, 9.17) is 0 Å². The summed E-state index contributed by atoms with van der Waals surface area (Å²) in [7, 11) is 0. The van der Waals surface area contributed by atoms with Crippen molar-refractivity contribution in [2.24, 2.45) is 0 Å². The van der Waals surface area contributed by atoms with E-state index in [-0.39, 0.29) is 11.6 Å². The van der Waals surface area contributed by atoms with E-state index in [1.807, 2.05) is 19.1 Å². The van der Waals surface area contributed by atoms with E-state index in [1.54, 1.807) is 18.2 Å². The molecule has 0 radical (unpaired) electrons. The number of nitro groups is 1. The fourth-order valence-corrected chi connectivity index (χ4v) is 2.07. The number of halogens is 1. The average molecular weight is 361 g/mol. The highest BCUT2D eigenvalue weighted by Crippen LogP contribution is 2.20. The van der Waals surface area contributed by atoms with Crippen LogP contribution in [0.1, 0.15) is 11.1 Å². The summed E-state index contributed by atoms with van der Waals surface area (Å²) in [6, 6.07) is 11.6. The number of benzene rings is 2. The monoisotopic (exact) mass is 360 g/mol. The quantitative estimate of drug-likeness (QED) is 0.501. The summed E-state index contributed by atoms with van der Waals surface area (Å²) >= 11 is 3.39. The van der Waals surface area contributed by atoms with Gasteiger partial charge in [-0.25, -0.2) is 0 Å². The van der Waals surface area contributed by atoms with Crippen LogP contribution >= 0.6 is 15.9 Å². The summed E-state index contributed by atoms with van der Waals surface area (Å²) in [6.07, 6.45) is 2.88. The highest BCUT2D eigenvalue weighted by atomic mass is 79.9. The van der Waals surface area contributed by atoms with Gasteiger partial charge in [-0.05, 0) is 42.3 Å². The van der Waals surface area contributed by atoms with Gasteiger partial charge in [-0.2, -0.15) is 0 Å². The molecule has 0 saturated carbocycles. The standard InChI is InChI=1S/C16H13BrN2O3/c1-11-9-13(6-7-15(11)17)18-16(20)8-5-12-3-2-4-14(10-12)19(21)22/h2-10H,1H3,(H,18,20). The van der Waals surface area contributed by atoms with Crippen molar-refractivity contribution in [1.82, 2.24) is 0 Å². The van der Waals surface area contributed by atoms with Crippen molar-refractivity contribution in [3.63, 3.8) is 0 Å². The van der Waals surface area contributed by atoms with Crippen LogP contribution in [-0.4, -0.2) is 10.8 Å². The number of nitro benzene ring substituents is 1. The number of amides is 1. The summed E-state index contributed by atoms with van der Waals surface area (Å²) in [5.41, 5.74) is 2.29. The molecule has 0 aliphatic heterocycles. The molecule has 0 atom stereocenters. The maximum Gasteiger partial charge on any atom is 0.270 e. The molecule has 112 valence electrons. The predicted octanol–water partition coefficient (Wildman–Crippen LogP) is 4.32. The van der Waals surface area contributed by atoms with Crippen LogP contribution in [0.2, 0.25) is 0 Å². The van der Waals surface area contributed by atoms with Gasteiger partial charge in [0.25, 0.3) is 5.69 Å². The van der Waals surface area contributed by atoms with Gasteiger partial charge in [0.15, 0.2) is 0 Å². The zero-order valence-corrected chi connectivity index (χ0v) is 13.3. The fourth-order valence-electron chi connectivity index (χ4n) is 1.82. The summed E-state index contributed by atoms with van der Waals surface area (Å²) < 4.78 is 0.970. The topological polar surface area (TPSA) is 72.2 Å². The normalized spacial score (nSPS) is 10.6. The molecule has 0 unspecified atom stereocenters. The second kappa shape index (κ2) is 7.00. The third-order valence-corrected chi connectivity index (χ3v) is 3.82. The highest BCUT2D eigenvalue weighted by Gasteiger charge is 2.04. The number of non-ortho nitro benzene ring substituents is 1. The van der Waals surface area contributed by atoms with Gasteiger partial charge < -0.3 is 5.32 Å². The Hall–Kier alpha value is -2.47. The molecule has 0 spiro atoms. The molecule has 1 amide bonds. The van der Waals surface area contributed by atoms with Crippen molar-refractivity contribution in [2.45, 2.75) is 6.92 Å². The van der Waals surface area contributed by atoms with Crippen molar-refractivity contribution in [3.05, 3.63) is 74.3 Å². The number of anilines is 1. The fraction of sp³-hybridized carbons (Fsp3) is 0.0625. The number of hydrogen-bond donors (Lipinski definition) is 1. The molecule has 6 heteroatoms. The lowest BCUT2D eigenvalue weighted by Crippen LogP contribution is -2.07. The van der Waals surface area contributed by atoms with Crippen LogP contribution in [0.4, 0.5) is 11.4 Å². The number of aryl methyl sites for hydroxylation is 1. The summed E-state index contributed by atoms with van der Waals surface area (Å²) in [5.74, 6) is -0.298. The Morgan fingerprint density at radius 1 is 1.27 bits per heavy atom. The second-order valence-corrected chi connectivity index (χ2v) is 5.49. The van der Waals surface area contributed by atoms with E-state index in [0.717, 1.165) is 10.0 Å². The first-order chi connectivity index (χ1) is 10.5. The van der Waals surface area contributed by atoms with Gasteiger partial charge in [-0.15, -0.1) is 0 Å². The average Bonchev–Trinajstić information content (AvgIpc) is 2.49. The van der Waals surface area contributed by atoms with Crippen LogP contribution in [0.3, 0.4) is 0 Å². The number of nitrogens with zero attached hydrogens (tertiary/aromatic N) is 1. The number of hydrogen-bond acceptors (Lipinski definition) is 3. The van der Waals surface area contributed by atoms with Crippen molar-refractivity contribution in [1.29, 1.82) is 0 Å². The smallest absolute Gasteiger partial charge is 0.270 e. The van der Waals surface area contributed by atoms with Gasteiger partial charge in [0.1, 0.15) is 0 Å². The molecule has 2 aromatic rings. The number of nitrogens with one attached hydrogen (secondary N) is 1. The number of rotatable bonds is 4. The van der Waals surface area contributed by atoms with Crippen molar-refractivity contribution >= 4 is 39.3 Å². The third-order valence-electron chi connectivity index (χ3n) is 2.93. The number of carbonyl (C=O) groups is 1. The van der Waals surface area contributed by atoms with Gasteiger partial charge >= 0.3 is 0 Å². The van der Waals surface area contributed by atoms with E-state index in [9.17, 15) is 14.9 Å². The van der Waals surface area contributed by atoms with Gasteiger partial charge in [0, 0.05) is 28.4 Å². The van der Waals surface area contributed by atoms with Crippen LogP contribution in [-0.2, 0) is 4.79 Å². The third kappa shape index (κ3) is 4.26. The SMILES string of the molecule is Cc1cc(NC(=O)C=Cc2cccc([N+](=O)[O-])c2)ccc1Br. The van der Waals surface area contributed by atoms with E-state index >= 15 is 0 Å². The minimum Gasteiger partial charge on any atom is -0.323 e. The molecular formula is C16H13BrN2O3. The molecule has 0 aromatic heterocycles. The molecule has 2 aromatic carbocycles. The Morgan fingerprint density at radius 2 is 2.05 bits per heavy atom. The molecular weight excluding hydrogens is 348 g/mol. The Balaban J connectivity index is 2.06. The summed E-state index contributed by atoms with van der Waals surface area (Å²) in [6.45, 7) is 1.93. The Morgan fingerprint density at radius 3 is 2.73 bits per heavy atom. The van der Waals surface area contributed by atoms with Crippen LogP contribution in [0.5, 0.6) is 0 Å². The second-order valence-electron chi connectivity index (χ2n) is 4.64. The van der Waals surface area contributed by atoms with Gasteiger partial charge in [-0.3, -0.25) is 14.9 Å². The first kappa shape index (κ1) is 15.9. The zero-order valence-electron chi connectivity index (χ0n) is 11.7. The first-order valence-corrected chi connectivity index (χ1v) is 7.24. The van der Waals surface area contributed by atoms with Crippen molar-refractivity contribution in [3.8, 4) is 0 Å². The largest absolute Gasteiger partial charge is 0.323 e. The Kier molecular flexibility index (Phi) is 5.06. The predicted molar refractivity (Wildman–Crippen MR) is 89.6 cm³/mol. The molecule has 2 rings (SSSR count). The van der Waals surface area contributed by atoms with Crippen LogP contribution in [0, 0.1) is 17.0 Å². The Labute approximate surface area is 135 Å². The zero-order chi connectivity index (χ0) is 16.1. The molecule has 0 bridgehead atoms. The lowest BCUT2D eigenvalue weighted by Gasteiger charge is -2.04. The van der Waals surface area contributed by atoms with Gasteiger partial charge in [0.05, 0.1) is 4.92 Å². The molecule has 0 fully saturated rings. The number of carbonyl (C=O) groups excluding carboxylic acids is 1. The molecule has 1 N–H and O–H groups in total. The maximum atomic E-state index is 11.9. The molecule has 0 saturated heterocycles.